The summed E-state index contributed by atoms with van der Waals surface area (Å²) in [4.78, 5) is 13.2. The van der Waals surface area contributed by atoms with Gasteiger partial charge in [0.1, 0.15) is 16.3 Å². The first-order valence-corrected chi connectivity index (χ1v) is 12.5. The number of hydrogen-bond donors (Lipinski definition) is 1. The molecule has 11 heteroatoms. The van der Waals surface area contributed by atoms with Gasteiger partial charge in [0.2, 0.25) is 10.0 Å². The highest BCUT2D eigenvalue weighted by Crippen LogP contribution is 2.35. The largest absolute Gasteiger partial charge is 0.490 e. The third-order valence-corrected chi connectivity index (χ3v) is 6.61. The second-order valence-electron chi connectivity index (χ2n) is 9.20. The van der Waals surface area contributed by atoms with Crippen LogP contribution in [0.2, 0.25) is 5.02 Å². The van der Waals surface area contributed by atoms with E-state index in [0.29, 0.717) is 30.1 Å². The molecule has 186 valence electrons. The number of ether oxygens (including phenoxy) is 2. The van der Waals surface area contributed by atoms with Gasteiger partial charge in [0.15, 0.2) is 11.6 Å². The molecule has 2 N–H and O–H groups in total. The van der Waals surface area contributed by atoms with Crippen molar-refractivity contribution in [1.29, 1.82) is 0 Å². The highest BCUT2D eigenvalue weighted by atomic mass is 35.5. The molecule has 0 radical (unpaired) electrons. The van der Waals surface area contributed by atoms with Gasteiger partial charge in [-0.05, 0) is 50.8 Å². The van der Waals surface area contributed by atoms with Crippen LogP contribution in [0.5, 0.6) is 5.75 Å². The highest BCUT2D eigenvalue weighted by Gasteiger charge is 2.35. The van der Waals surface area contributed by atoms with E-state index < -0.39 is 44.0 Å². The first-order chi connectivity index (χ1) is 15.7. The van der Waals surface area contributed by atoms with Crippen LogP contribution >= 0.6 is 11.6 Å². The fourth-order valence-electron chi connectivity index (χ4n) is 3.88. The number of primary sulfonamides is 1. The average molecular weight is 517 g/mol. The van der Waals surface area contributed by atoms with Crippen LogP contribution in [-0.2, 0) is 14.8 Å². The molecule has 2 atom stereocenters. The van der Waals surface area contributed by atoms with Gasteiger partial charge >= 0.3 is 6.09 Å². The molecule has 0 aromatic heterocycles. The lowest BCUT2D eigenvalue weighted by atomic mass is 9.81. The Morgan fingerprint density at radius 1 is 1.18 bits per heavy atom. The smallest absolute Gasteiger partial charge is 0.410 e. The zero-order chi connectivity index (χ0) is 25.3. The molecule has 0 spiro atoms. The molecule has 2 aromatic carbocycles. The lowest BCUT2D eigenvalue weighted by Gasteiger charge is -2.39. The van der Waals surface area contributed by atoms with Crippen molar-refractivity contribution in [2.75, 3.05) is 19.7 Å². The van der Waals surface area contributed by atoms with E-state index in [1.165, 1.54) is 0 Å². The summed E-state index contributed by atoms with van der Waals surface area (Å²) in [7, 11) is -4.43. The minimum atomic E-state index is -4.43. The van der Waals surface area contributed by atoms with E-state index in [2.05, 4.69) is 0 Å². The molecule has 7 nitrogen and oxygen atoms in total. The number of carbonyl (C=O) groups is 1. The highest BCUT2D eigenvalue weighted by molar-refractivity contribution is 7.89. The number of hydrogen-bond acceptors (Lipinski definition) is 5. The molecule has 1 aliphatic heterocycles. The van der Waals surface area contributed by atoms with Crippen molar-refractivity contribution in [3.8, 4) is 5.75 Å². The molecule has 0 saturated carbocycles. The van der Waals surface area contributed by atoms with Crippen LogP contribution in [0.15, 0.2) is 41.3 Å². The summed E-state index contributed by atoms with van der Waals surface area (Å²) in [5.74, 6) is -3.06. The zero-order valence-corrected chi connectivity index (χ0v) is 20.6. The summed E-state index contributed by atoms with van der Waals surface area (Å²) < 4.78 is 62.6. The van der Waals surface area contributed by atoms with Crippen molar-refractivity contribution in [3.05, 3.63) is 58.6 Å². The Kier molecular flexibility index (Phi) is 7.74. The quantitative estimate of drug-likeness (QED) is 0.622. The number of sulfonamides is 1. The van der Waals surface area contributed by atoms with Gasteiger partial charge in [-0.15, -0.1) is 0 Å². The van der Waals surface area contributed by atoms with Gasteiger partial charge in [0.05, 0.1) is 6.61 Å². The summed E-state index contributed by atoms with van der Waals surface area (Å²) in [6, 6.07) is 8.42. The topological polar surface area (TPSA) is 98.9 Å². The van der Waals surface area contributed by atoms with Crippen LogP contribution in [0.3, 0.4) is 0 Å². The van der Waals surface area contributed by atoms with Crippen LogP contribution in [0.25, 0.3) is 0 Å². The number of piperidine rings is 1. The van der Waals surface area contributed by atoms with Crippen molar-refractivity contribution in [2.45, 2.75) is 43.6 Å². The van der Waals surface area contributed by atoms with Gasteiger partial charge in [-0.25, -0.2) is 27.1 Å². The predicted molar refractivity (Wildman–Crippen MR) is 123 cm³/mol. The Morgan fingerprint density at radius 2 is 1.82 bits per heavy atom. The molecule has 1 aliphatic rings. The molecule has 1 heterocycles. The first-order valence-electron chi connectivity index (χ1n) is 10.6. The molecule has 1 amide bonds. The van der Waals surface area contributed by atoms with Crippen molar-refractivity contribution >= 4 is 27.7 Å². The molecule has 0 bridgehead atoms. The van der Waals surface area contributed by atoms with E-state index in [-0.39, 0.29) is 25.0 Å². The van der Waals surface area contributed by atoms with Crippen molar-refractivity contribution in [2.24, 2.45) is 11.1 Å². The molecular formula is C23H27ClF2N2O5S. The maximum atomic E-state index is 14.5. The summed E-state index contributed by atoms with van der Waals surface area (Å²) in [5, 5.41) is 5.49. The number of likely N-dealkylation sites (tertiary alicyclic amines) is 1. The van der Waals surface area contributed by atoms with Gasteiger partial charge in [0.25, 0.3) is 0 Å². The van der Waals surface area contributed by atoms with E-state index in [0.717, 1.165) is 5.56 Å². The van der Waals surface area contributed by atoms with Crippen LogP contribution in [-0.4, -0.2) is 44.7 Å². The molecule has 0 aliphatic carbocycles. The number of rotatable bonds is 5. The van der Waals surface area contributed by atoms with E-state index in [1.54, 1.807) is 37.8 Å². The van der Waals surface area contributed by atoms with E-state index in [4.69, 9.17) is 26.2 Å². The fraction of sp³-hybridized carbons (Fsp3) is 0.435. The summed E-state index contributed by atoms with van der Waals surface area (Å²) in [6.45, 7) is 5.97. The first kappa shape index (κ1) is 26.2. The molecule has 1 saturated heterocycles. The lowest BCUT2D eigenvalue weighted by Crippen LogP contribution is -2.46. The van der Waals surface area contributed by atoms with Crippen LogP contribution < -0.4 is 9.88 Å². The van der Waals surface area contributed by atoms with Crippen LogP contribution in [0.1, 0.15) is 38.7 Å². The van der Waals surface area contributed by atoms with Crippen molar-refractivity contribution in [3.63, 3.8) is 0 Å². The minimum Gasteiger partial charge on any atom is -0.490 e. The van der Waals surface area contributed by atoms with Gasteiger partial charge < -0.3 is 14.4 Å². The number of nitrogens with zero attached hydrogens (tertiary/aromatic N) is 1. The van der Waals surface area contributed by atoms with Gasteiger partial charge in [0, 0.05) is 36.2 Å². The monoisotopic (exact) mass is 516 g/mol. The van der Waals surface area contributed by atoms with Crippen molar-refractivity contribution in [1.82, 2.24) is 4.90 Å². The van der Waals surface area contributed by atoms with Gasteiger partial charge in [-0.2, -0.15) is 0 Å². The van der Waals surface area contributed by atoms with E-state index >= 15 is 0 Å². The Labute approximate surface area is 202 Å². The van der Waals surface area contributed by atoms with Crippen molar-refractivity contribution < 1.29 is 31.5 Å². The van der Waals surface area contributed by atoms with Crippen LogP contribution in [0.4, 0.5) is 13.6 Å². The summed E-state index contributed by atoms with van der Waals surface area (Å²) >= 11 is 6.01. The fourth-order valence-corrected chi connectivity index (χ4v) is 4.60. The van der Waals surface area contributed by atoms with E-state index in [1.807, 2.05) is 12.1 Å². The third kappa shape index (κ3) is 6.58. The molecule has 3 rings (SSSR count). The number of nitrogens with two attached hydrogens (primary N) is 1. The Balaban J connectivity index is 1.83. The Morgan fingerprint density at radius 3 is 2.41 bits per heavy atom. The third-order valence-electron chi connectivity index (χ3n) is 5.43. The normalized spacial score (nSPS) is 19.1. The average Bonchev–Trinajstić information content (AvgIpc) is 2.72. The van der Waals surface area contributed by atoms with Crippen LogP contribution in [0, 0.1) is 17.6 Å². The maximum Gasteiger partial charge on any atom is 0.410 e. The predicted octanol–water partition coefficient (Wildman–Crippen LogP) is 4.69. The number of halogens is 3. The Bertz CT molecular complexity index is 1150. The molecule has 1 fully saturated rings. The Hall–Kier alpha value is -2.43. The standard InChI is InChI=1S/C23H27ClF2N2O5S/c1-23(2,3)33-22(29)28-9-8-17(14-4-6-16(24)7-5-14)15(12-28)13-32-20-10-19(26)21(11-18(20)25)34(27,30)31/h4-7,10-11,15,17H,8-9,12-13H2,1-3H3,(H2,27,30,31)/t15-,17?/m0/s1. The maximum absolute atomic E-state index is 14.5. The molecule has 1 unspecified atom stereocenters. The summed E-state index contributed by atoms with van der Waals surface area (Å²) in [5.41, 5.74) is 0.306. The summed E-state index contributed by atoms with van der Waals surface area (Å²) in [6.07, 6.45) is 0.123. The van der Waals surface area contributed by atoms with Gasteiger partial charge in [-0.1, -0.05) is 23.7 Å². The van der Waals surface area contributed by atoms with Gasteiger partial charge in [-0.3, -0.25) is 0 Å². The molecule has 2 aromatic rings. The second kappa shape index (κ2) is 10.1. The second-order valence-corrected chi connectivity index (χ2v) is 11.2. The van der Waals surface area contributed by atoms with E-state index in [9.17, 15) is 22.0 Å². The molecule has 34 heavy (non-hydrogen) atoms. The lowest BCUT2D eigenvalue weighted by molar-refractivity contribution is 0.0110. The SMILES string of the molecule is CC(C)(C)OC(=O)N1CCC(c2ccc(Cl)cc2)[C@H](COc2cc(F)c(S(N)(=O)=O)cc2F)C1. The number of benzene rings is 2. The minimum absolute atomic E-state index is 0.0486. The number of carbonyl (C=O) groups excluding carboxylic acids is 1. The zero-order valence-electron chi connectivity index (χ0n) is 19.1. The molecular weight excluding hydrogens is 490 g/mol. The number of amides is 1.